The lowest BCUT2D eigenvalue weighted by Crippen LogP contribution is -2.24. The fourth-order valence-corrected chi connectivity index (χ4v) is 2.98. The Hall–Kier alpha value is -2.94. The summed E-state index contributed by atoms with van der Waals surface area (Å²) in [4.78, 5) is 4.24. The van der Waals surface area contributed by atoms with Gasteiger partial charge in [0.05, 0.1) is 25.4 Å². The first-order valence-electron chi connectivity index (χ1n) is 9.52. The van der Waals surface area contributed by atoms with Gasteiger partial charge in [0.1, 0.15) is 5.75 Å². The molecule has 0 aliphatic carbocycles. The Balaban J connectivity index is 1.67. The van der Waals surface area contributed by atoms with Gasteiger partial charge in [0, 0.05) is 18.1 Å². The summed E-state index contributed by atoms with van der Waals surface area (Å²) in [5.41, 5.74) is 7.82. The van der Waals surface area contributed by atoms with Crippen molar-refractivity contribution in [3.8, 4) is 11.5 Å². The predicted octanol–water partition coefficient (Wildman–Crippen LogP) is 4.24. The zero-order valence-corrected chi connectivity index (χ0v) is 16.5. The zero-order chi connectivity index (χ0) is 21.6. The Labute approximate surface area is 172 Å². The van der Waals surface area contributed by atoms with Gasteiger partial charge in [-0.05, 0) is 37.1 Å². The topological polar surface area (TPSA) is 78.1 Å². The van der Waals surface area contributed by atoms with E-state index in [0.717, 1.165) is 24.2 Å². The van der Waals surface area contributed by atoms with Gasteiger partial charge in [-0.2, -0.15) is 0 Å². The van der Waals surface area contributed by atoms with Crippen molar-refractivity contribution < 1.29 is 27.4 Å². The molecule has 3 rings (SSSR count). The van der Waals surface area contributed by atoms with E-state index in [1.54, 1.807) is 6.07 Å². The van der Waals surface area contributed by atoms with E-state index in [1.807, 2.05) is 25.1 Å². The summed E-state index contributed by atoms with van der Waals surface area (Å²) in [5, 5.41) is 2.66. The van der Waals surface area contributed by atoms with Crippen molar-refractivity contribution in [3.63, 3.8) is 0 Å². The molecule has 9 heteroatoms. The van der Waals surface area contributed by atoms with Gasteiger partial charge in [-0.15, -0.1) is 13.2 Å². The van der Waals surface area contributed by atoms with Crippen LogP contribution in [0.4, 0.5) is 18.9 Å². The Morgan fingerprint density at radius 1 is 1.23 bits per heavy atom. The molecule has 2 aromatic rings. The van der Waals surface area contributed by atoms with Crippen LogP contribution in [0.1, 0.15) is 17.5 Å². The smallest absolute Gasteiger partial charge is 0.493 e. The summed E-state index contributed by atoms with van der Waals surface area (Å²) < 4.78 is 53.0. The molecule has 0 amide bonds. The standard InChI is InChI=1S/C21H24F3N3O3/c1-14-6-7-16(19(10-14)29-13-15-8-9-28-12-15)11-26-20(25)27-17-4-2-3-5-18(17)30-21(22,23)24/h2-7,10,15H,8-9,11-13H2,1H3,(H3,25,26,27). The lowest BCUT2D eigenvalue weighted by atomic mass is 10.1. The van der Waals surface area contributed by atoms with E-state index in [4.69, 9.17) is 15.2 Å². The van der Waals surface area contributed by atoms with Crippen LogP contribution < -0.4 is 20.5 Å². The Bertz CT molecular complexity index is 881. The number of ether oxygens (including phenoxy) is 3. The molecule has 1 aliphatic rings. The summed E-state index contributed by atoms with van der Waals surface area (Å²) in [6, 6.07) is 11.4. The molecule has 0 saturated carbocycles. The third-order valence-corrected chi connectivity index (χ3v) is 4.52. The van der Waals surface area contributed by atoms with Crippen molar-refractivity contribution >= 4 is 11.6 Å². The van der Waals surface area contributed by atoms with E-state index in [9.17, 15) is 13.2 Å². The van der Waals surface area contributed by atoms with Crippen LogP contribution in [0.5, 0.6) is 11.5 Å². The van der Waals surface area contributed by atoms with Gasteiger partial charge in [0.2, 0.25) is 0 Å². The molecule has 1 fully saturated rings. The molecule has 0 bridgehead atoms. The molecular formula is C21H24F3N3O3. The number of aryl methyl sites for hydroxylation is 1. The molecule has 0 spiro atoms. The van der Waals surface area contributed by atoms with Gasteiger partial charge in [-0.3, -0.25) is 0 Å². The van der Waals surface area contributed by atoms with Crippen LogP contribution in [0.25, 0.3) is 0 Å². The summed E-state index contributed by atoms with van der Waals surface area (Å²) in [6.07, 6.45) is -3.84. The van der Waals surface area contributed by atoms with Gasteiger partial charge in [0.25, 0.3) is 0 Å². The van der Waals surface area contributed by atoms with Crippen molar-refractivity contribution in [2.24, 2.45) is 16.6 Å². The van der Waals surface area contributed by atoms with E-state index < -0.39 is 6.36 Å². The van der Waals surface area contributed by atoms with E-state index in [-0.39, 0.29) is 23.9 Å². The van der Waals surface area contributed by atoms with Crippen molar-refractivity contribution in [1.29, 1.82) is 0 Å². The van der Waals surface area contributed by atoms with Crippen LogP contribution in [-0.2, 0) is 11.3 Å². The predicted molar refractivity (Wildman–Crippen MR) is 108 cm³/mol. The minimum atomic E-state index is -4.80. The number of para-hydroxylation sites is 2. The summed E-state index contributed by atoms with van der Waals surface area (Å²) >= 11 is 0. The lowest BCUT2D eigenvalue weighted by Gasteiger charge is -2.15. The first-order chi connectivity index (χ1) is 14.3. The van der Waals surface area contributed by atoms with Gasteiger partial charge in [-0.1, -0.05) is 24.3 Å². The molecular weight excluding hydrogens is 399 g/mol. The Morgan fingerprint density at radius 3 is 2.77 bits per heavy atom. The number of nitrogens with zero attached hydrogens (tertiary/aromatic N) is 1. The molecule has 1 heterocycles. The van der Waals surface area contributed by atoms with Crippen molar-refractivity contribution in [1.82, 2.24) is 0 Å². The Morgan fingerprint density at radius 2 is 2.03 bits per heavy atom. The fraction of sp³-hybridized carbons (Fsp3) is 0.381. The van der Waals surface area contributed by atoms with Gasteiger partial charge >= 0.3 is 6.36 Å². The average Bonchev–Trinajstić information content (AvgIpc) is 3.19. The first kappa shape index (κ1) is 21.8. The van der Waals surface area contributed by atoms with Crippen LogP contribution in [0, 0.1) is 12.8 Å². The molecule has 1 unspecified atom stereocenters. The van der Waals surface area contributed by atoms with Crippen molar-refractivity contribution in [2.75, 3.05) is 25.1 Å². The molecule has 1 saturated heterocycles. The normalized spacial score (nSPS) is 17.1. The number of rotatable bonds is 7. The highest BCUT2D eigenvalue weighted by molar-refractivity contribution is 5.93. The number of aliphatic imine (C=N–C) groups is 1. The number of benzene rings is 2. The second kappa shape index (κ2) is 9.71. The average molecular weight is 423 g/mol. The number of hydrogen-bond donors (Lipinski definition) is 2. The van der Waals surface area contributed by atoms with E-state index in [2.05, 4.69) is 15.0 Å². The second-order valence-electron chi connectivity index (χ2n) is 7.02. The maximum absolute atomic E-state index is 12.6. The van der Waals surface area contributed by atoms with Crippen LogP contribution in [0.15, 0.2) is 47.5 Å². The minimum Gasteiger partial charge on any atom is -0.493 e. The number of guanidine groups is 1. The molecule has 1 aliphatic heterocycles. The molecule has 0 aromatic heterocycles. The Kier molecular flexibility index (Phi) is 7.04. The lowest BCUT2D eigenvalue weighted by molar-refractivity contribution is -0.274. The summed E-state index contributed by atoms with van der Waals surface area (Å²) in [5.74, 6) is 0.642. The van der Waals surface area contributed by atoms with Crippen LogP contribution >= 0.6 is 0 Å². The maximum Gasteiger partial charge on any atom is 0.573 e. The molecule has 30 heavy (non-hydrogen) atoms. The first-order valence-corrected chi connectivity index (χ1v) is 9.52. The van der Waals surface area contributed by atoms with Crippen molar-refractivity contribution in [2.45, 2.75) is 26.3 Å². The number of anilines is 1. The SMILES string of the molecule is Cc1ccc(CN=C(N)Nc2ccccc2OC(F)(F)F)c(OCC2CCOC2)c1. The molecule has 6 nitrogen and oxygen atoms in total. The summed E-state index contributed by atoms with van der Waals surface area (Å²) in [7, 11) is 0. The fourth-order valence-electron chi connectivity index (χ4n) is 2.98. The molecule has 2 aromatic carbocycles. The van der Waals surface area contributed by atoms with Gasteiger partial charge in [-0.25, -0.2) is 4.99 Å². The number of nitrogens with two attached hydrogens (primary N) is 1. The van der Waals surface area contributed by atoms with Gasteiger partial charge < -0.3 is 25.3 Å². The highest BCUT2D eigenvalue weighted by Crippen LogP contribution is 2.30. The van der Waals surface area contributed by atoms with Crippen molar-refractivity contribution in [3.05, 3.63) is 53.6 Å². The monoisotopic (exact) mass is 423 g/mol. The van der Waals surface area contributed by atoms with Crippen LogP contribution in [-0.4, -0.2) is 32.1 Å². The number of hydrogen-bond acceptors (Lipinski definition) is 4. The summed E-state index contributed by atoms with van der Waals surface area (Å²) in [6.45, 7) is 4.16. The number of alkyl halides is 3. The molecule has 0 radical (unpaired) electrons. The highest BCUT2D eigenvalue weighted by Gasteiger charge is 2.32. The van der Waals surface area contributed by atoms with Crippen LogP contribution in [0.3, 0.4) is 0 Å². The maximum atomic E-state index is 12.6. The number of halogens is 3. The second-order valence-corrected chi connectivity index (χ2v) is 7.02. The highest BCUT2D eigenvalue weighted by atomic mass is 19.4. The largest absolute Gasteiger partial charge is 0.573 e. The van der Waals surface area contributed by atoms with E-state index >= 15 is 0 Å². The molecule has 3 N–H and O–H groups in total. The van der Waals surface area contributed by atoms with E-state index in [0.29, 0.717) is 24.9 Å². The van der Waals surface area contributed by atoms with Crippen LogP contribution in [0.2, 0.25) is 0 Å². The zero-order valence-electron chi connectivity index (χ0n) is 16.5. The quantitative estimate of drug-likeness (QED) is 0.515. The third kappa shape index (κ3) is 6.55. The van der Waals surface area contributed by atoms with Gasteiger partial charge in [0.15, 0.2) is 11.7 Å². The molecule has 1 atom stereocenters. The number of nitrogens with one attached hydrogen (secondary N) is 1. The molecule has 162 valence electrons. The minimum absolute atomic E-state index is 0.0380. The third-order valence-electron chi connectivity index (χ3n) is 4.52. The van der Waals surface area contributed by atoms with E-state index in [1.165, 1.54) is 18.2 Å².